The van der Waals surface area contributed by atoms with Crippen LogP contribution in [-0.2, 0) is 4.74 Å². The molecule has 0 aliphatic carbocycles. The van der Waals surface area contributed by atoms with Crippen molar-refractivity contribution in [3.05, 3.63) is 48.2 Å². The van der Waals surface area contributed by atoms with Crippen LogP contribution in [0.25, 0.3) is 0 Å². The molecule has 2 nitrogen and oxygen atoms in total. The quantitative estimate of drug-likeness (QED) is 0.410. The largest absolute Gasteiger partial charge is 0.431 e. The zero-order valence-corrected chi connectivity index (χ0v) is 9.69. The lowest BCUT2D eigenvalue weighted by atomic mass is 10.2. The predicted molar refractivity (Wildman–Crippen MR) is 65.1 cm³/mol. The van der Waals surface area contributed by atoms with Gasteiger partial charge in [-0.15, -0.1) is 0 Å². The van der Waals surface area contributed by atoms with Gasteiger partial charge in [0.15, 0.2) is 0 Å². The summed E-state index contributed by atoms with van der Waals surface area (Å²) >= 11 is 0. The highest BCUT2D eigenvalue weighted by atomic mass is 16.5. The number of allylic oxidation sites excluding steroid dienone is 1. The highest BCUT2D eigenvalue weighted by Crippen LogP contribution is 2.03. The Labute approximate surface area is 96.9 Å². The standard InChI is InChI=1S/C14H18O2/c1-2-3-4-5-9-12-16-14(15)13-10-7-6-8-11-13/h6-12H,2-5H2,1H3/b12-9+. The maximum absolute atomic E-state index is 11.5. The monoisotopic (exact) mass is 218 g/mol. The van der Waals surface area contributed by atoms with Crippen LogP contribution in [0.4, 0.5) is 0 Å². The van der Waals surface area contributed by atoms with Gasteiger partial charge in [-0.05, 0) is 31.1 Å². The maximum Gasteiger partial charge on any atom is 0.342 e. The van der Waals surface area contributed by atoms with Crippen molar-refractivity contribution in [1.29, 1.82) is 0 Å². The Bertz CT molecular complexity index is 328. The number of unbranched alkanes of at least 4 members (excludes halogenated alkanes) is 3. The van der Waals surface area contributed by atoms with Crippen LogP contribution in [0.3, 0.4) is 0 Å². The Morgan fingerprint density at radius 3 is 2.69 bits per heavy atom. The summed E-state index contributed by atoms with van der Waals surface area (Å²) in [7, 11) is 0. The molecule has 0 saturated carbocycles. The van der Waals surface area contributed by atoms with E-state index in [2.05, 4.69) is 6.92 Å². The van der Waals surface area contributed by atoms with Crippen molar-refractivity contribution in [3.8, 4) is 0 Å². The minimum atomic E-state index is -0.299. The third-order valence-electron chi connectivity index (χ3n) is 2.26. The van der Waals surface area contributed by atoms with Crippen LogP contribution >= 0.6 is 0 Å². The molecule has 0 unspecified atom stereocenters. The van der Waals surface area contributed by atoms with Gasteiger partial charge in [0.2, 0.25) is 0 Å². The third kappa shape index (κ3) is 4.78. The molecule has 0 aromatic heterocycles. The molecule has 0 amide bonds. The summed E-state index contributed by atoms with van der Waals surface area (Å²) in [5.41, 5.74) is 0.584. The molecule has 0 fully saturated rings. The van der Waals surface area contributed by atoms with E-state index in [1.165, 1.54) is 19.1 Å². The average molecular weight is 218 g/mol. The summed E-state index contributed by atoms with van der Waals surface area (Å²) in [5, 5.41) is 0. The lowest BCUT2D eigenvalue weighted by Gasteiger charge is -1.98. The number of carbonyl (C=O) groups excluding carboxylic acids is 1. The second-order valence-corrected chi connectivity index (χ2v) is 3.64. The number of ether oxygens (including phenoxy) is 1. The van der Waals surface area contributed by atoms with Crippen LogP contribution in [0.2, 0.25) is 0 Å². The van der Waals surface area contributed by atoms with Crippen molar-refractivity contribution in [2.24, 2.45) is 0 Å². The van der Waals surface area contributed by atoms with Gasteiger partial charge in [-0.25, -0.2) is 4.79 Å². The van der Waals surface area contributed by atoms with Gasteiger partial charge in [0.1, 0.15) is 0 Å². The molecule has 0 aliphatic rings. The fraction of sp³-hybridized carbons (Fsp3) is 0.357. The summed E-state index contributed by atoms with van der Waals surface area (Å²) in [4.78, 5) is 11.5. The van der Waals surface area contributed by atoms with Crippen molar-refractivity contribution >= 4 is 5.97 Å². The van der Waals surface area contributed by atoms with Gasteiger partial charge in [0.05, 0.1) is 11.8 Å². The van der Waals surface area contributed by atoms with Crippen LogP contribution in [-0.4, -0.2) is 5.97 Å². The summed E-state index contributed by atoms with van der Waals surface area (Å²) < 4.78 is 4.99. The van der Waals surface area contributed by atoms with Crippen LogP contribution in [0, 0.1) is 0 Å². The molecule has 0 atom stereocenters. The van der Waals surface area contributed by atoms with Crippen LogP contribution in [0.1, 0.15) is 43.0 Å². The van der Waals surface area contributed by atoms with Gasteiger partial charge in [0.25, 0.3) is 0 Å². The molecule has 1 aromatic rings. The first-order chi connectivity index (χ1) is 7.84. The van der Waals surface area contributed by atoms with Crippen LogP contribution in [0.15, 0.2) is 42.7 Å². The number of esters is 1. The Morgan fingerprint density at radius 2 is 2.00 bits per heavy atom. The third-order valence-corrected chi connectivity index (χ3v) is 2.26. The van der Waals surface area contributed by atoms with E-state index >= 15 is 0 Å². The molecule has 0 N–H and O–H groups in total. The molecule has 1 rings (SSSR count). The summed E-state index contributed by atoms with van der Waals surface area (Å²) in [6.07, 6.45) is 7.93. The molecule has 0 aliphatic heterocycles. The molecular formula is C14H18O2. The first-order valence-electron chi connectivity index (χ1n) is 5.75. The van der Waals surface area contributed by atoms with Crippen LogP contribution in [0.5, 0.6) is 0 Å². The van der Waals surface area contributed by atoms with Gasteiger partial charge in [-0.3, -0.25) is 0 Å². The van der Waals surface area contributed by atoms with E-state index in [0.29, 0.717) is 5.56 Å². The minimum absolute atomic E-state index is 0.299. The SMILES string of the molecule is CCCCC/C=C/OC(=O)c1ccccc1. The molecule has 0 radical (unpaired) electrons. The Balaban J connectivity index is 2.25. The topological polar surface area (TPSA) is 26.3 Å². The molecule has 0 spiro atoms. The van der Waals surface area contributed by atoms with Gasteiger partial charge < -0.3 is 4.74 Å². The molecule has 86 valence electrons. The number of benzene rings is 1. The zero-order chi connectivity index (χ0) is 11.6. The van der Waals surface area contributed by atoms with E-state index in [1.807, 2.05) is 24.3 Å². The van der Waals surface area contributed by atoms with E-state index in [0.717, 1.165) is 12.8 Å². The van der Waals surface area contributed by atoms with Crippen molar-refractivity contribution < 1.29 is 9.53 Å². The normalized spacial score (nSPS) is 10.6. The van der Waals surface area contributed by atoms with Gasteiger partial charge >= 0.3 is 5.97 Å². The molecule has 2 heteroatoms. The Hall–Kier alpha value is -1.57. The van der Waals surface area contributed by atoms with E-state index in [4.69, 9.17) is 4.74 Å². The molecule has 1 aromatic carbocycles. The van der Waals surface area contributed by atoms with Crippen molar-refractivity contribution in [2.75, 3.05) is 0 Å². The minimum Gasteiger partial charge on any atom is -0.431 e. The highest BCUT2D eigenvalue weighted by molar-refractivity contribution is 5.89. The molecule has 0 saturated heterocycles. The fourth-order valence-electron chi connectivity index (χ4n) is 1.33. The zero-order valence-electron chi connectivity index (χ0n) is 9.69. The van der Waals surface area contributed by atoms with Crippen LogP contribution < -0.4 is 0 Å². The summed E-state index contributed by atoms with van der Waals surface area (Å²) in [6.45, 7) is 2.17. The lowest BCUT2D eigenvalue weighted by Crippen LogP contribution is -1.99. The van der Waals surface area contributed by atoms with E-state index in [-0.39, 0.29) is 5.97 Å². The number of hydrogen-bond donors (Lipinski definition) is 0. The van der Waals surface area contributed by atoms with Crippen molar-refractivity contribution in [3.63, 3.8) is 0 Å². The molecular weight excluding hydrogens is 200 g/mol. The highest BCUT2D eigenvalue weighted by Gasteiger charge is 2.02. The predicted octanol–water partition coefficient (Wildman–Crippen LogP) is 3.94. The van der Waals surface area contributed by atoms with E-state index < -0.39 is 0 Å². The van der Waals surface area contributed by atoms with E-state index in [1.54, 1.807) is 12.1 Å². The van der Waals surface area contributed by atoms with E-state index in [9.17, 15) is 4.79 Å². The fourth-order valence-corrected chi connectivity index (χ4v) is 1.33. The second-order valence-electron chi connectivity index (χ2n) is 3.64. The van der Waals surface area contributed by atoms with Gasteiger partial charge in [-0.2, -0.15) is 0 Å². The van der Waals surface area contributed by atoms with Gasteiger partial charge in [0, 0.05) is 0 Å². The Morgan fingerprint density at radius 1 is 1.25 bits per heavy atom. The number of carbonyl (C=O) groups is 1. The molecule has 0 heterocycles. The summed E-state index contributed by atoms with van der Waals surface area (Å²) in [6, 6.07) is 9.00. The Kier molecular flexibility index (Phi) is 6.00. The number of rotatable bonds is 6. The van der Waals surface area contributed by atoms with Crippen molar-refractivity contribution in [1.82, 2.24) is 0 Å². The molecule has 16 heavy (non-hydrogen) atoms. The first-order valence-corrected chi connectivity index (χ1v) is 5.75. The lowest BCUT2D eigenvalue weighted by molar-refractivity contribution is 0.0662. The maximum atomic E-state index is 11.5. The average Bonchev–Trinajstić information content (AvgIpc) is 2.34. The number of hydrogen-bond acceptors (Lipinski definition) is 2. The first kappa shape index (κ1) is 12.5. The molecule has 0 bridgehead atoms. The van der Waals surface area contributed by atoms with Crippen molar-refractivity contribution in [2.45, 2.75) is 32.6 Å². The summed E-state index contributed by atoms with van der Waals surface area (Å²) in [5.74, 6) is -0.299. The second kappa shape index (κ2) is 7.69. The van der Waals surface area contributed by atoms with Gasteiger partial charge in [-0.1, -0.05) is 38.0 Å². The smallest absolute Gasteiger partial charge is 0.342 e.